The molecule has 7 nitrogen and oxygen atoms in total. The van der Waals surface area contributed by atoms with Gasteiger partial charge in [0.1, 0.15) is 6.04 Å². The Bertz CT molecular complexity index is 763. The predicted octanol–water partition coefficient (Wildman–Crippen LogP) is 2.95. The SMILES string of the molecule is CN1CCNCC1c1noc(C2CCCN2C(=O)C23CC4CC(CC(C4)C2)C3)n1.Cl. The Hall–Kier alpha value is -1.18. The highest BCUT2D eigenvalue weighted by Gasteiger charge is 2.56. The molecule has 8 heteroatoms. The first-order valence-electron chi connectivity index (χ1n) is 11.7. The summed E-state index contributed by atoms with van der Waals surface area (Å²) in [6, 6.07) is 0.119. The predicted molar refractivity (Wildman–Crippen MR) is 114 cm³/mol. The normalized spacial score (nSPS) is 40.6. The van der Waals surface area contributed by atoms with Gasteiger partial charge in [0.2, 0.25) is 11.8 Å². The zero-order chi connectivity index (χ0) is 19.6. The summed E-state index contributed by atoms with van der Waals surface area (Å²) in [5, 5.41) is 7.73. The van der Waals surface area contributed by atoms with Gasteiger partial charge >= 0.3 is 0 Å². The smallest absolute Gasteiger partial charge is 0.249 e. The van der Waals surface area contributed by atoms with Gasteiger partial charge in [-0.25, -0.2) is 0 Å². The minimum atomic E-state index is -0.0896. The lowest BCUT2D eigenvalue weighted by molar-refractivity contribution is -0.159. The zero-order valence-electron chi connectivity index (χ0n) is 17.9. The summed E-state index contributed by atoms with van der Waals surface area (Å²) < 4.78 is 5.74. The molecule has 4 aliphatic carbocycles. The molecule has 166 valence electrons. The van der Waals surface area contributed by atoms with Crippen LogP contribution in [0.1, 0.15) is 75.2 Å². The number of halogens is 1. The summed E-state index contributed by atoms with van der Waals surface area (Å²) in [4.78, 5) is 23.0. The van der Waals surface area contributed by atoms with Crippen LogP contribution in [0.2, 0.25) is 0 Å². The van der Waals surface area contributed by atoms with Crippen molar-refractivity contribution >= 4 is 18.3 Å². The molecule has 6 fully saturated rings. The molecule has 7 rings (SSSR count). The lowest BCUT2D eigenvalue weighted by Crippen LogP contribution is -2.54. The van der Waals surface area contributed by atoms with Crippen LogP contribution in [-0.4, -0.2) is 59.1 Å². The average molecular weight is 436 g/mol. The number of piperazine rings is 1. The number of likely N-dealkylation sites (tertiary alicyclic amines) is 1. The molecule has 0 aromatic carbocycles. The zero-order valence-corrected chi connectivity index (χ0v) is 18.7. The molecule has 0 spiro atoms. The lowest BCUT2D eigenvalue weighted by atomic mass is 9.49. The molecule has 4 saturated carbocycles. The standard InChI is InChI=1S/C22H33N5O2.ClH/c1-26-6-4-23-13-18(26)19-24-20(29-25-19)17-3-2-5-27(17)21(28)22-10-14-7-15(11-22)9-16(8-14)12-22;/h14-18,23H,2-13H2,1H3;1H. The summed E-state index contributed by atoms with van der Waals surface area (Å²) >= 11 is 0. The third-order valence-electron chi connectivity index (χ3n) is 8.56. The first kappa shape index (κ1) is 20.7. The maximum atomic E-state index is 13.9. The number of carbonyl (C=O) groups excluding carboxylic acids is 1. The van der Waals surface area contributed by atoms with E-state index in [0.29, 0.717) is 11.8 Å². The number of carbonyl (C=O) groups is 1. The van der Waals surface area contributed by atoms with E-state index in [4.69, 9.17) is 9.51 Å². The molecule has 6 aliphatic rings. The Labute approximate surface area is 184 Å². The molecule has 2 unspecified atom stereocenters. The van der Waals surface area contributed by atoms with E-state index in [-0.39, 0.29) is 29.9 Å². The first-order chi connectivity index (χ1) is 14.1. The third-order valence-corrected chi connectivity index (χ3v) is 8.56. The van der Waals surface area contributed by atoms with Gasteiger partial charge in [0, 0.05) is 26.2 Å². The van der Waals surface area contributed by atoms with Gasteiger partial charge in [0.05, 0.1) is 11.5 Å². The minimum absolute atomic E-state index is 0. The summed E-state index contributed by atoms with van der Waals surface area (Å²) in [5.41, 5.74) is -0.0896. The van der Waals surface area contributed by atoms with Crippen molar-refractivity contribution in [1.82, 2.24) is 25.3 Å². The van der Waals surface area contributed by atoms with Gasteiger partial charge in [0.25, 0.3) is 0 Å². The first-order valence-corrected chi connectivity index (χ1v) is 11.7. The lowest BCUT2D eigenvalue weighted by Gasteiger charge is -2.56. The molecule has 1 aromatic rings. The summed E-state index contributed by atoms with van der Waals surface area (Å²) in [6.45, 7) is 3.66. The third kappa shape index (κ3) is 3.28. The van der Waals surface area contributed by atoms with Crippen molar-refractivity contribution in [3.8, 4) is 0 Å². The minimum Gasteiger partial charge on any atom is -0.337 e. The van der Waals surface area contributed by atoms with Crippen molar-refractivity contribution in [2.75, 3.05) is 33.2 Å². The largest absolute Gasteiger partial charge is 0.337 e. The highest BCUT2D eigenvalue weighted by Crippen LogP contribution is 2.61. The van der Waals surface area contributed by atoms with Crippen molar-refractivity contribution in [1.29, 1.82) is 0 Å². The molecule has 2 saturated heterocycles. The Morgan fingerprint density at radius 2 is 1.80 bits per heavy atom. The molecule has 2 aliphatic heterocycles. The van der Waals surface area contributed by atoms with E-state index >= 15 is 0 Å². The monoisotopic (exact) mass is 435 g/mol. The maximum absolute atomic E-state index is 13.9. The van der Waals surface area contributed by atoms with Gasteiger partial charge in [-0.05, 0) is 76.2 Å². The van der Waals surface area contributed by atoms with Gasteiger partial charge < -0.3 is 14.7 Å². The van der Waals surface area contributed by atoms with Crippen molar-refractivity contribution < 1.29 is 9.32 Å². The van der Waals surface area contributed by atoms with Crippen LogP contribution >= 0.6 is 12.4 Å². The van der Waals surface area contributed by atoms with Crippen LogP contribution in [0.5, 0.6) is 0 Å². The number of rotatable bonds is 3. The number of likely N-dealkylation sites (N-methyl/N-ethyl adjacent to an activating group) is 1. The Balaban J connectivity index is 0.00000193. The topological polar surface area (TPSA) is 74.5 Å². The van der Waals surface area contributed by atoms with E-state index in [9.17, 15) is 4.79 Å². The summed E-state index contributed by atoms with van der Waals surface area (Å²) in [6.07, 6.45) is 9.44. The Morgan fingerprint density at radius 3 is 2.47 bits per heavy atom. The molecule has 2 atom stereocenters. The van der Waals surface area contributed by atoms with Gasteiger partial charge in [-0.1, -0.05) is 5.16 Å². The van der Waals surface area contributed by atoms with Crippen molar-refractivity contribution in [2.45, 2.75) is 63.5 Å². The van der Waals surface area contributed by atoms with Crippen LogP contribution in [0, 0.1) is 23.2 Å². The fourth-order valence-corrected chi connectivity index (χ4v) is 7.56. The second-order valence-corrected chi connectivity index (χ2v) is 10.5. The van der Waals surface area contributed by atoms with Gasteiger partial charge in [-0.3, -0.25) is 9.69 Å². The Morgan fingerprint density at radius 1 is 1.10 bits per heavy atom. The molecule has 0 radical (unpaired) electrons. The van der Waals surface area contributed by atoms with Crippen molar-refractivity contribution in [3.63, 3.8) is 0 Å². The fraction of sp³-hybridized carbons (Fsp3) is 0.864. The molecular formula is C22H34ClN5O2. The van der Waals surface area contributed by atoms with Gasteiger partial charge in [-0.2, -0.15) is 4.98 Å². The van der Waals surface area contributed by atoms with Gasteiger partial charge in [-0.15, -0.1) is 12.4 Å². The van der Waals surface area contributed by atoms with Crippen molar-refractivity contribution in [3.05, 3.63) is 11.7 Å². The van der Waals surface area contributed by atoms with E-state index in [0.717, 1.165) is 81.9 Å². The average Bonchev–Trinajstić information content (AvgIpc) is 3.36. The maximum Gasteiger partial charge on any atom is 0.249 e. The van der Waals surface area contributed by atoms with Crippen LogP contribution < -0.4 is 5.32 Å². The molecule has 1 aromatic heterocycles. The van der Waals surface area contributed by atoms with Crippen LogP contribution in [0.4, 0.5) is 0 Å². The molecule has 1 amide bonds. The number of hydrogen-bond acceptors (Lipinski definition) is 6. The van der Waals surface area contributed by atoms with Crippen LogP contribution in [-0.2, 0) is 4.79 Å². The van der Waals surface area contributed by atoms with E-state index in [2.05, 4.69) is 27.3 Å². The summed E-state index contributed by atoms with van der Waals surface area (Å²) in [5.74, 6) is 4.16. The van der Waals surface area contributed by atoms with Gasteiger partial charge in [0.15, 0.2) is 5.82 Å². The number of aromatic nitrogens is 2. The van der Waals surface area contributed by atoms with Crippen LogP contribution in [0.3, 0.4) is 0 Å². The molecular weight excluding hydrogens is 402 g/mol. The number of nitrogens with one attached hydrogen (secondary N) is 1. The number of nitrogens with zero attached hydrogens (tertiary/aromatic N) is 4. The van der Waals surface area contributed by atoms with E-state index in [1.165, 1.54) is 19.3 Å². The van der Waals surface area contributed by atoms with Crippen LogP contribution in [0.15, 0.2) is 4.52 Å². The van der Waals surface area contributed by atoms with E-state index < -0.39 is 0 Å². The number of amides is 1. The Kier molecular flexibility index (Phi) is 5.35. The second-order valence-electron chi connectivity index (χ2n) is 10.5. The second kappa shape index (κ2) is 7.75. The molecule has 3 heterocycles. The van der Waals surface area contributed by atoms with E-state index in [1.807, 2.05) is 0 Å². The van der Waals surface area contributed by atoms with Crippen LogP contribution in [0.25, 0.3) is 0 Å². The molecule has 30 heavy (non-hydrogen) atoms. The number of hydrogen-bond donors (Lipinski definition) is 1. The van der Waals surface area contributed by atoms with Crippen molar-refractivity contribution in [2.24, 2.45) is 23.2 Å². The summed E-state index contributed by atoms with van der Waals surface area (Å²) in [7, 11) is 2.11. The molecule has 1 N–H and O–H groups in total. The quantitative estimate of drug-likeness (QED) is 0.786. The highest BCUT2D eigenvalue weighted by molar-refractivity contribution is 5.85. The fourth-order valence-electron chi connectivity index (χ4n) is 7.56. The van der Waals surface area contributed by atoms with E-state index in [1.54, 1.807) is 0 Å². The highest BCUT2D eigenvalue weighted by atomic mass is 35.5. The molecule has 4 bridgehead atoms.